The number of carboxylic acid groups (broad SMARTS) is 1. The van der Waals surface area contributed by atoms with Gasteiger partial charge in [-0.1, -0.05) is 18.2 Å². The molecule has 1 aromatic carbocycles. The second kappa shape index (κ2) is 6.67. The summed E-state index contributed by atoms with van der Waals surface area (Å²) in [4.78, 5) is 23.2. The highest BCUT2D eigenvalue weighted by Crippen LogP contribution is 2.39. The van der Waals surface area contributed by atoms with E-state index >= 15 is 0 Å². The number of allylic oxidation sites excluding steroid dienone is 1. The lowest BCUT2D eigenvalue weighted by Crippen LogP contribution is -2.11. The van der Waals surface area contributed by atoms with Gasteiger partial charge in [-0.2, -0.15) is 0 Å². The van der Waals surface area contributed by atoms with Crippen molar-refractivity contribution in [1.29, 1.82) is 0 Å². The molecule has 0 unspecified atom stereocenters. The van der Waals surface area contributed by atoms with Gasteiger partial charge in [-0.3, -0.25) is 4.79 Å². The molecule has 0 spiro atoms. The van der Waals surface area contributed by atoms with Crippen molar-refractivity contribution in [3.05, 3.63) is 45.7 Å². The molecule has 0 aromatic heterocycles. The van der Waals surface area contributed by atoms with Crippen LogP contribution in [0.2, 0.25) is 0 Å². The lowest BCUT2D eigenvalue weighted by Gasteiger charge is -2.01. The summed E-state index contributed by atoms with van der Waals surface area (Å²) in [5.74, 6) is 0.00392. The van der Waals surface area contributed by atoms with E-state index in [4.69, 9.17) is 5.11 Å². The first-order valence-electron chi connectivity index (χ1n) is 5.82. The van der Waals surface area contributed by atoms with Gasteiger partial charge in [-0.25, -0.2) is 4.79 Å². The fraction of sp³-hybridized carbons (Fsp3) is 0.143. The molecule has 0 atom stereocenters. The number of aliphatic carboxylic acids is 1. The highest BCUT2D eigenvalue weighted by atomic mass is 32.2. The van der Waals surface area contributed by atoms with Crippen LogP contribution < -0.4 is 0 Å². The zero-order chi connectivity index (χ0) is 14.5. The maximum atomic E-state index is 12.0. The van der Waals surface area contributed by atoms with Gasteiger partial charge >= 0.3 is 5.97 Å². The van der Waals surface area contributed by atoms with Crippen LogP contribution in [0, 0.1) is 0 Å². The topological polar surface area (TPSA) is 74.6 Å². The molecular formula is C14H12O4S2. The summed E-state index contributed by atoms with van der Waals surface area (Å²) in [5, 5.41) is 18.5. The zero-order valence-electron chi connectivity index (χ0n) is 10.4. The van der Waals surface area contributed by atoms with Crippen LogP contribution in [0.1, 0.15) is 5.56 Å². The summed E-state index contributed by atoms with van der Waals surface area (Å²) >= 11 is 2.80. The summed E-state index contributed by atoms with van der Waals surface area (Å²) in [6.07, 6.45) is 2.72. The number of carbonyl (C=O) groups excluding carboxylic acids is 1. The van der Waals surface area contributed by atoms with Gasteiger partial charge < -0.3 is 10.2 Å². The van der Waals surface area contributed by atoms with E-state index in [-0.39, 0.29) is 11.3 Å². The molecule has 0 amide bonds. The van der Waals surface area contributed by atoms with Gasteiger partial charge in [0.2, 0.25) is 0 Å². The Labute approximate surface area is 124 Å². The Morgan fingerprint density at radius 2 is 1.90 bits per heavy atom. The third kappa shape index (κ3) is 3.68. The van der Waals surface area contributed by atoms with Crippen molar-refractivity contribution in [2.75, 3.05) is 11.5 Å². The number of ketones is 1. The van der Waals surface area contributed by atoms with Gasteiger partial charge in [0.05, 0.1) is 4.24 Å². The molecule has 104 valence electrons. The lowest BCUT2D eigenvalue weighted by molar-refractivity contribution is -0.134. The minimum Gasteiger partial charge on any atom is -0.508 e. The summed E-state index contributed by atoms with van der Waals surface area (Å²) in [5.41, 5.74) is 0.466. The van der Waals surface area contributed by atoms with E-state index in [1.165, 1.54) is 47.8 Å². The van der Waals surface area contributed by atoms with E-state index in [9.17, 15) is 14.7 Å². The number of benzene rings is 1. The molecule has 0 aliphatic carbocycles. The maximum absolute atomic E-state index is 12.0. The minimum atomic E-state index is -1.20. The van der Waals surface area contributed by atoms with E-state index < -0.39 is 11.8 Å². The molecule has 1 heterocycles. The average Bonchev–Trinajstić information content (AvgIpc) is 2.90. The molecule has 2 N–H and O–H groups in total. The first-order chi connectivity index (χ1) is 9.58. The molecule has 1 aliphatic heterocycles. The predicted molar refractivity (Wildman–Crippen MR) is 81.7 cm³/mol. The quantitative estimate of drug-likeness (QED) is 0.506. The second-order valence-corrected chi connectivity index (χ2v) is 6.43. The molecule has 20 heavy (non-hydrogen) atoms. The number of phenols is 1. The van der Waals surface area contributed by atoms with Crippen molar-refractivity contribution in [1.82, 2.24) is 0 Å². The van der Waals surface area contributed by atoms with Gasteiger partial charge in [0.15, 0.2) is 5.78 Å². The normalized spacial score (nSPS) is 14.7. The number of phenolic OH excluding ortho intramolecular Hbond substituents is 1. The van der Waals surface area contributed by atoms with Crippen LogP contribution in [0.15, 0.2) is 40.2 Å². The summed E-state index contributed by atoms with van der Waals surface area (Å²) < 4.78 is 0.572. The monoisotopic (exact) mass is 308 g/mol. The molecule has 0 radical (unpaired) electrons. The number of aromatic hydroxyl groups is 1. The largest absolute Gasteiger partial charge is 0.508 e. The standard InChI is InChI=1S/C14H12O4S2/c15-10-3-1-2-9(8-10)4-5-11(16)12(13(17)18)14-19-6-7-20-14/h1-5,8,15H,6-7H2,(H,17,18). The Morgan fingerprint density at radius 1 is 1.20 bits per heavy atom. The van der Waals surface area contributed by atoms with E-state index in [1.807, 2.05) is 0 Å². The fourth-order valence-corrected chi connectivity index (χ4v) is 4.17. The third-order valence-electron chi connectivity index (χ3n) is 2.51. The number of hydrogen-bond acceptors (Lipinski definition) is 5. The Hall–Kier alpha value is -1.66. The van der Waals surface area contributed by atoms with Crippen molar-refractivity contribution in [3.8, 4) is 5.75 Å². The maximum Gasteiger partial charge on any atom is 0.341 e. The van der Waals surface area contributed by atoms with Crippen molar-refractivity contribution < 1.29 is 19.8 Å². The van der Waals surface area contributed by atoms with Crippen LogP contribution >= 0.6 is 23.5 Å². The average molecular weight is 308 g/mol. The Morgan fingerprint density at radius 3 is 2.50 bits per heavy atom. The Kier molecular flexibility index (Phi) is 4.92. The van der Waals surface area contributed by atoms with Gasteiger partial charge in [0.25, 0.3) is 0 Å². The molecule has 1 saturated heterocycles. The van der Waals surface area contributed by atoms with E-state index in [0.717, 1.165) is 11.5 Å². The number of thioether (sulfide) groups is 2. The first kappa shape index (κ1) is 14.7. The smallest absolute Gasteiger partial charge is 0.341 e. The summed E-state index contributed by atoms with van der Waals surface area (Å²) in [7, 11) is 0. The number of carboxylic acids is 1. The van der Waals surface area contributed by atoms with Crippen LogP contribution in [0.3, 0.4) is 0 Å². The van der Waals surface area contributed by atoms with Crippen molar-refractivity contribution >= 4 is 41.4 Å². The molecule has 1 aromatic rings. The van der Waals surface area contributed by atoms with E-state index in [2.05, 4.69) is 0 Å². The second-order valence-electron chi connectivity index (χ2n) is 3.96. The van der Waals surface area contributed by atoms with Crippen molar-refractivity contribution in [2.24, 2.45) is 0 Å². The highest BCUT2D eigenvalue weighted by molar-refractivity contribution is 8.25. The van der Waals surface area contributed by atoms with Crippen LogP contribution in [-0.2, 0) is 9.59 Å². The number of rotatable bonds is 4. The number of hydrogen-bond donors (Lipinski definition) is 2. The summed E-state index contributed by atoms with van der Waals surface area (Å²) in [6.45, 7) is 0. The highest BCUT2D eigenvalue weighted by Gasteiger charge is 2.24. The minimum absolute atomic E-state index is 0.0957. The van der Waals surface area contributed by atoms with Gasteiger partial charge in [0.1, 0.15) is 11.3 Å². The SMILES string of the molecule is O=C(O)C(C(=O)C=Cc1cccc(O)c1)=C1SCCS1. The fourth-order valence-electron chi connectivity index (χ4n) is 1.63. The predicted octanol–water partition coefficient (Wildman–Crippen LogP) is 2.75. The summed E-state index contributed by atoms with van der Waals surface area (Å²) in [6, 6.07) is 6.39. The van der Waals surface area contributed by atoms with E-state index in [1.54, 1.807) is 12.1 Å². The molecule has 0 saturated carbocycles. The third-order valence-corrected chi connectivity index (χ3v) is 5.23. The van der Waals surface area contributed by atoms with E-state index in [0.29, 0.717) is 9.80 Å². The molecule has 1 fully saturated rings. The molecule has 4 nitrogen and oxygen atoms in total. The van der Waals surface area contributed by atoms with Crippen molar-refractivity contribution in [2.45, 2.75) is 0 Å². The van der Waals surface area contributed by atoms with Gasteiger partial charge in [-0.05, 0) is 23.8 Å². The van der Waals surface area contributed by atoms with Crippen LogP contribution in [0.25, 0.3) is 6.08 Å². The lowest BCUT2D eigenvalue weighted by atomic mass is 10.1. The Bertz CT molecular complexity index is 597. The first-order valence-corrected chi connectivity index (χ1v) is 7.79. The Balaban J connectivity index is 2.21. The van der Waals surface area contributed by atoms with Crippen molar-refractivity contribution in [3.63, 3.8) is 0 Å². The zero-order valence-corrected chi connectivity index (χ0v) is 12.0. The number of carbonyl (C=O) groups is 2. The van der Waals surface area contributed by atoms with Crippen LogP contribution in [0.5, 0.6) is 5.75 Å². The molecular weight excluding hydrogens is 296 g/mol. The molecule has 0 bridgehead atoms. The van der Waals surface area contributed by atoms with Gasteiger partial charge in [-0.15, -0.1) is 23.5 Å². The van der Waals surface area contributed by atoms with Crippen LogP contribution in [0.4, 0.5) is 0 Å². The molecule has 6 heteroatoms. The molecule has 2 rings (SSSR count). The van der Waals surface area contributed by atoms with Gasteiger partial charge in [0, 0.05) is 11.5 Å². The molecule has 1 aliphatic rings. The van der Waals surface area contributed by atoms with Crippen LogP contribution in [-0.4, -0.2) is 33.5 Å².